The maximum absolute atomic E-state index is 13.0. The Morgan fingerprint density at radius 3 is 2.74 bits per heavy atom. The van der Waals surface area contributed by atoms with Gasteiger partial charge in [-0.25, -0.2) is 9.37 Å². The van der Waals surface area contributed by atoms with E-state index in [1.807, 2.05) is 13.0 Å². The lowest BCUT2D eigenvalue weighted by Gasteiger charge is -2.09. The molecule has 4 aromatic rings. The fraction of sp³-hybridized carbons (Fsp3) is 0.120. The maximum atomic E-state index is 13.0. The molecule has 1 heterocycles. The Hall–Kier alpha value is -3.85. The van der Waals surface area contributed by atoms with Crippen molar-refractivity contribution in [3.63, 3.8) is 0 Å². The van der Waals surface area contributed by atoms with E-state index in [1.165, 1.54) is 35.2 Å². The van der Waals surface area contributed by atoms with Crippen molar-refractivity contribution < 1.29 is 13.9 Å². The van der Waals surface area contributed by atoms with Crippen LogP contribution in [-0.4, -0.2) is 28.4 Å². The summed E-state index contributed by atoms with van der Waals surface area (Å²) in [6.07, 6.45) is 2.07. The van der Waals surface area contributed by atoms with Gasteiger partial charge in [0.2, 0.25) is 0 Å². The smallest absolute Gasteiger partial charge is 0.282 e. The second kappa shape index (κ2) is 10.4. The molecule has 7 nitrogen and oxygen atoms in total. The number of carbonyl (C=O) groups is 1. The van der Waals surface area contributed by atoms with Crippen molar-refractivity contribution in [1.29, 1.82) is 0 Å². The Morgan fingerprint density at radius 1 is 1.18 bits per heavy atom. The number of carbonyl (C=O) groups excluding carboxylic acids is 1. The van der Waals surface area contributed by atoms with Gasteiger partial charge in [-0.05, 0) is 60.2 Å². The van der Waals surface area contributed by atoms with Gasteiger partial charge < -0.3 is 10.1 Å². The van der Waals surface area contributed by atoms with Crippen molar-refractivity contribution in [2.24, 2.45) is 5.10 Å². The number of hydrogen-bond acceptors (Lipinski definition) is 5. The number of benzene rings is 3. The van der Waals surface area contributed by atoms with E-state index in [-0.39, 0.29) is 23.9 Å². The van der Waals surface area contributed by atoms with Gasteiger partial charge in [0, 0.05) is 16.6 Å². The van der Waals surface area contributed by atoms with E-state index < -0.39 is 0 Å². The van der Waals surface area contributed by atoms with Crippen molar-refractivity contribution >= 4 is 44.6 Å². The first-order valence-electron chi connectivity index (χ1n) is 10.5. The third-order valence-corrected chi connectivity index (χ3v) is 5.36. The predicted octanol–water partition coefficient (Wildman–Crippen LogP) is 4.76. The number of fused-ring (bicyclic) bond motifs is 1. The Kier molecular flexibility index (Phi) is 7.12. The van der Waals surface area contributed by atoms with Gasteiger partial charge in [-0.2, -0.15) is 9.78 Å². The molecule has 0 saturated heterocycles. The minimum Gasteiger partial charge on any atom is -0.484 e. The number of aryl methyl sites for hydroxylation is 1. The molecule has 0 atom stereocenters. The van der Waals surface area contributed by atoms with Crippen molar-refractivity contribution in [1.82, 2.24) is 9.66 Å². The van der Waals surface area contributed by atoms with Crippen molar-refractivity contribution in [3.8, 4) is 5.75 Å². The summed E-state index contributed by atoms with van der Waals surface area (Å²) in [4.78, 5) is 29.6. The molecule has 4 rings (SSSR count). The molecule has 34 heavy (non-hydrogen) atoms. The fourth-order valence-electron chi connectivity index (χ4n) is 3.23. The zero-order valence-corrected chi connectivity index (χ0v) is 19.8. The molecule has 1 N–H and O–H groups in total. The van der Waals surface area contributed by atoms with E-state index >= 15 is 0 Å². The number of ether oxygens (including phenoxy) is 1. The van der Waals surface area contributed by atoms with Gasteiger partial charge >= 0.3 is 0 Å². The van der Waals surface area contributed by atoms with Crippen molar-refractivity contribution in [2.75, 3.05) is 11.9 Å². The first kappa shape index (κ1) is 23.3. The van der Waals surface area contributed by atoms with Crippen molar-refractivity contribution in [2.45, 2.75) is 13.3 Å². The molecular weight excluding hydrogens is 503 g/mol. The lowest BCUT2D eigenvalue weighted by atomic mass is 10.2. The minimum absolute atomic E-state index is 0.221. The summed E-state index contributed by atoms with van der Waals surface area (Å²) in [7, 11) is 0. The van der Waals surface area contributed by atoms with Crippen LogP contribution in [0.4, 0.5) is 10.1 Å². The second-order valence-electron chi connectivity index (χ2n) is 7.32. The van der Waals surface area contributed by atoms with E-state index in [4.69, 9.17) is 4.74 Å². The lowest BCUT2D eigenvalue weighted by Crippen LogP contribution is -2.22. The normalized spacial score (nSPS) is 11.1. The van der Waals surface area contributed by atoms with E-state index in [0.717, 1.165) is 4.47 Å². The summed E-state index contributed by atoms with van der Waals surface area (Å²) in [5.41, 5.74) is 1.51. The summed E-state index contributed by atoms with van der Waals surface area (Å²) in [6, 6.07) is 17.8. The highest BCUT2D eigenvalue weighted by atomic mass is 79.9. The second-order valence-corrected chi connectivity index (χ2v) is 8.24. The number of halogens is 2. The predicted molar refractivity (Wildman–Crippen MR) is 133 cm³/mol. The van der Waals surface area contributed by atoms with Crippen LogP contribution in [0.5, 0.6) is 5.75 Å². The SMILES string of the molecule is CCc1nc2ccc(Br)cc2c(=O)n1N=Cc1cccc(OCC(=O)Nc2ccc(F)cc2)c1. The molecule has 172 valence electrons. The summed E-state index contributed by atoms with van der Waals surface area (Å²) in [5, 5.41) is 7.46. The molecule has 0 bridgehead atoms. The van der Waals surface area contributed by atoms with E-state index in [2.05, 4.69) is 31.3 Å². The molecule has 9 heteroatoms. The Morgan fingerprint density at radius 2 is 1.97 bits per heavy atom. The summed E-state index contributed by atoms with van der Waals surface area (Å²) in [5.74, 6) is 0.245. The zero-order chi connectivity index (χ0) is 24.1. The third kappa shape index (κ3) is 5.55. The number of nitrogens with one attached hydrogen (secondary N) is 1. The van der Waals surface area contributed by atoms with Gasteiger partial charge in [0.25, 0.3) is 11.5 Å². The van der Waals surface area contributed by atoms with Crippen LogP contribution in [0.2, 0.25) is 0 Å². The summed E-state index contributed by atoms with van der Waals surface area (Å²) in [6.45, 7) is 1.69. The molecule has 1 aromatic heterocycles. The van der Waals surface area contributed by atoms with Gasteiger partial charge in [0.05, 0.1) is 17.1 Å². The van der Waals surface area contributed by atoms with Gasteiger partial charge in [-0.3, -0.25) is 9.59 Å². The average molecular weight is 523 g/mol. The fourth-order valence-corrected chi connectivity index (χ4v) is 3.59. The molecule has 3 aromatic carbocycles. The van der Waals surface area contributed by atoms with Crippen LogP contribution in [0, 0.1) is 5.82 Å². The van der Waals surface area contributed by atoms with Crippen LogP contribution in [0.1, 0.15) is 18.3 Å². The Labute approximate surface area is 203 Å². The van der Waals surface area contributed by atoms with Gasteiger partial charge in [0.15, 0.2) is 6.61 Å². The highest BCUT2D eigenvalue weighted by Gasteiger charge is 2.10. The van der Waals surface area contributed by atoms with E-state index in [9.17, 15) is 14.0 Å². The molecule has 0 unspecified atom stereocenters. The average Bonchev–Trinajstić information content (AvgIpc) is 2.84. The topological polar surface area (TPSA) is 85.6 Å². The van der Waals surface area contributed by atoms with Crippen LogP contribution in [0.3, 0.4) is 0 Å². The van der Waals surface area contributed by atoms with Crippen LogP contribution in [0.25, 0.3) is 10.9 Å². The number of hydrogen-bond donors (Lipinski definition) is 1. The molecule has 0 radical (unpaired) electrons. The van der Waals surface area contributed by atoms with E-state index in [1.54, 1.807) is 36.4 Å². The number of nitrogens with zero attached hydrogens (tertiary/aromatic N) is 3. The lowest BCUT2D eigenvalue weighted by molar-refractivity contribution is -0.118. The third-order valence-electron chi connectivity index (χ3n) is 4.87. The standard InChI is InChI=1S/C25H20BrFN4O3/c1-2-23-30-22-11-6-17(26)13-21(22)25(33)31(23)28-14-16-4-3-5-20(12-16)34-15-24(32)29-19-9-7-18(27)8-10-19/h3-14H,2,15H2,1H3,(H,29,32). The quantitative estimate of drug-likeness (QED) is 0.354. The highest BCUT2D eigenvalue weighted by molar-refractivity contribution is 9.10. The van der Waals surface area contributed by atoms with Crippen LogP contribution < -0.4 is 15.6 Å². The molecule has 0 spiro atoms. The molecule has 0 saturated carbocycles. The number of rotatable bonds is 7. The zero-order valence-electron chi connectivity index (χ0n) is 18.2. The first-order chi connectivity index (χ1) is 16.4. The maximum Gasteiger partial charge on any atom is 0.282 e. The van der Waals surface area contributed by atoms with E-state index in [0.29, 0.717) is 40.1 Å². The molecular formula is C25H20BrFN4O3. The molecule has 0 aliphatic rings. The molecule has 0 aliphatic carbocycles. The van der Waals surface area contributed by atoms with Crippen LogP contribution in [0.15, 0.2) is 81.1 Å². The van der Waals surface area contributed by atoms with Gasteiger partial charge in [-0.1, -0.05) is 35.0 Å². The Bertz CT molecular complexity index is 1430. The molecule has 0 aliphatic heterocycles. The van der Waals surface area contributed by atoms with Crippen LogP contribution >= 0.6 is 15.9 Å². The first-order valence-corrected chi connectivity index (χ1v) is 11.3. The largest absolute Gasteiger partial charge is 0.484 e. The monoisotopic (exact) mass is 522 g/mol. The van der Waals surface area contributed by atoms with Crippen molar-refractivity contribution in [3.05, 3.63) is 98.8 Å². The van der Waals surface area contributed by atoms with Gasteiger partial charge in [-0.15, -0.1) is 0 Å². The number of anilines is 1. The summed E-state index contributed by atoms with van der Waals surface area (Å²) >= 11 is 3.38. The minimum atomic E-state index is -0.381. The van der Waals surface area contributed by atoms with Crippen LogP contribution in [-0.2, 0) is 11.2 Å². The Balaban J connectivity index is 1.49. The molecule has 1 amide bonds. The highest BCUT2D eigenvalue weighted by Crippen LogP contribution is 2.17. The van der Waals surface area contributed by atoms with Gasteiger partial charge in [0.1, 0.15) is 17.4 Å². The molecule has 0 fully saturated rings. The number of aromatic nitrogens is 2. The summed E-state index contributed by atoms with van der Waals surface area (Å²) < 4.78 is 20.6. The number of amides is 1.